The fraction of sp³-hybridized carbons (Fsp3) is 0.625. The molecular formula is C16H24N2S. The lowest BCUT2D eigenvalue weighted by molar-refractivity contribution is 0.558. The Kier molecular flexibility index (Phi) is 5.77. The largest absolute Gasteiger partial charge is 0.254 e. The van der Waals surface area contributed by atoms with Crippen molar-refractivity contribution in [3.63, 3.8) is 0 Å². The molecule has 0 fully saturated rings. The lowest BCUT2D eigenvalue weighted by atomic mass is 9.95. The van der Waals surface area contributed by atoms with Crippen molar-refractivity contribution in [3.05, 3.63) is 24.0 Å². The van der Waals surface area contributed by atoms with Crippen LogP contribution >= 0.6 is 11.5 Å². The third kappa shape index (κ3) is 4.00. The molecule has 0 aromatic carbocycles. The first-order valence-electron chi connectivity index (χ1n) is 7.52. The Balaban J connectivity index is 1.83. The maximum Gasteiger partial charge on any atom is 0.101 e. The second kappa shape index (κ2) is 7.59. The van der Waals surface area contributed by atoms with Crippen LogP contribution in [0.15, 0.2) is 18.5 Å². The first-order chi connectivity index (χ1) is 9.33. The molecule has 1 atom stereocenters. The molecule has 0 saturated carbocycles. The molecule has 0 aliphatic rings. The summed E-state index contributed by atoms with van der Waals surface area (Å²) in [5, 5.41) is 0. The molecule has 2 rings (SSSR count). The van der Waals surface area contributed by atoms with Gasteiger partial charge in [0, 0.05) is 6.20 Å². The Hall–Kier alpha value is -0.960. The van der Waals surface area contributed by atoms with Crippen LogP contribution in [0.25, 0.3) is 10.2 Å². The van der Waals surface area contributed by atoms with Crippen LogP contribution in [-0.2, 0) is 0 Å². The van der Waals surface area contributed by atoms with Gasteiger partial charge >= 0.3 is 0 Å². The van der Waals surface area contributed by atoms with Crippen molar-refractivity contribution in [1.29, 1.82) is 0 Å². The zero-order chi connectivity index (χ0) is 13.5. The topological polar surface area (TPSA) is 25.8 Å². The van der Waals surface area contributed by atoms with Crippen LogP contribution < -0.4 is 0 Å². The van der Waals surface area contributed by atoms with E-state index in [1.165, 1.54) is 55.2 Å². The zero-order valence-corrected chi connectivity index (χ0v) is 12.9. The summed E-state index contributed by atoms with van der Waals surface area (Å²) in [6, 6.07) is 2.17. The summed E-state index contributed by atoms with van der Waals surface area (Å²) in [4.78, 5) is 4.36. The van der Waals surface area contributed by atoms with E-state index in [2.05, 4.69) is 29.3 Å². The molecule has 0 aliphatic heterocycles. The van der Waals surface area contributed by atoms with Crippen molar-refractivity contribution in [2.45, 2.75) is 64.7 Å². The molecule has 0 amide bonds. The van der Waals surface area contributed by atoms with Crippen LogP contribution in [-0.4, -0.2) is 9.36 Å². The molecule has 2 aromatic rings. The van der Waals surface area contributed by atoms with Crippen LogP contribution in [0, 0.1) is 0 Å². The summed E-state index contributed by atoms with van der Waals surface area (Å²) in [5.74, 6) is 0.622. The molecule has 1 unspecified atom stereocenters. The Morgan fingerprint density at radius 2 is 1.95 bits per heavy atom. The Morgan fingerprint density at radius 1 is 1.16 bits per heavy atom. The van der Waals surface area contributed by atoms with E-state index in [9.17, 15) is 0 Å². The predicted molar refractivity (Wildman–Crippen MR) is 83.8 cm³/mol. The van der Waals surface area contributed by atoms with Crippen LogP contribution in [0.5, 0.6) is 0 Å². The van der Waals surface area contributed by atoms with Crippen LogP contribution in [0.3, 0.4) is 0 Å². The standard InChI is InChI=1S/C16H24N2S/c1-3-4-5-6-7-8-9-13(2)14-10-11-17-15-12-18-19-16(14)15/h10-13H,3-9H2,1-2H3. The molecule has 2 heterocycles. The quantitative estimate of drug-likeness (QED) is 0.591. The molecule has 3 heteroatoms. The fourth-order valence-electron chi connectivity index (χ4n) is 2.57. The number of aromatic nitrogens is 2. The number of fused-ring (bicyclic) bond motifs is 1. The van der Waals surface area contributed by atoms with E-state index in [1.807, 2.05) is 12.4 Å². The number of hydrogen-bond acceptors (Lipinski definition) is 3. The summed E-state index contributed by atoms with van der Waals surface area (Å²) in [6.07, 6.45) is 13.3. The molecule has 0 N–H and O–H groups in total. The van der Waals surface area contributed by atoms with Crippen molar-refractivity contribution in [2.24, 2.45) is 0 Å². The van der Waals surface area contributed by atoms with Crippen molar-refractivity contribution in [2.75, 3.05) is 0 Å². The van der Waals surface area contributed by atoms with E-state index in [-0.39, 0.29) is 0 Å². The molecule has 2 aromatic heterocycles. The molecule has 0 aliphatic carbocycles. The lowest BCUT2D eigenvalue weighted by Gasteiger charge is -2.12. The summed E-state index contributed by atoms with van der Waals surface area (Å²) >= 11 is 1.58. The Morgan fingerprint density at radius 3 is 2.79 bits per heavy atom. The van der Waals surface area contributed by atoms with E-state index in [0.717, 1.165) is 5.52 Å². The van der Waals surface area contributed by atoms with Crippen molar-refractivity contribution in [1.82, 2.24) is 9.36 Å². The van der Waals surface area contributed by atoms with Gasteiger partial charge in [0.05, 0.1) is 10.9 Å². The minimum atomic E-state index is 0.622. The average Bonchev–Trinajstić information content (AvgIpc) is 2.90. The second-order valence-corrected chi connectivity index (χ2v) is 6.20. The van der Waals surface area contributed by atoms with Gasteiger partial charge in [-0.05, 0) is 35.5 Å². The summed E-state index contributed by atoms with van der Waals surface area (Å²) in [5.41, 5.74) is 2.48. The summed E-state index contributed by atoms with van der Waals surface area (Å²) < 4.78 is 5.53. The van der Waals surface area contributed by atoms with Gasteiger partial charge in [-0.15, -0.1) is 0 Å². The first kappa shape index (κ1) is 14.4. The van der Waals surface area contributed by atoms with E-state index < -0.39 is 0 Å². The van der Waals surface area contributed by atoms with Gasteiger partial charge in [0.25, 0.3) is 0 Å². The van der Waals surface area contributed by atoms with Gasteiger partial charge in [0.2, 0.25) is 0 Å². The van der Waals surface area contributed by atoms with E-state index in [0.29, 0.717) is 5.92 Å². The highest BCUT2D eigenvalue weighted by Gasteiger charge is 2.11. The molecule has 0 saturated heterocycles. The normalized spacial score (nSPS) is 12.9. The number of unbranched alkanes of at least 4 members (excludes halogenated alkanes) is 5. The number of nitrogens with zero attached hydrogens (tertiary/aromatic N) is 2. The van der Waals surface area contributed by atoms with Gasteiger partial charge in [0.1, 0.15) is 5.52 Å². The minimum Gasteiger partial charge on any atom is -0.254 e. The summed E-state index contributed by atoms with van der Waals surface area (Å²) in [7, 11) is 0. The molecule has 2 nitrogen and oxygen atoms in total. The zero-order valence-electron chi connectivity index (χ0n) is 12.1. The van der Waals surface area contributed by atoms with Gasteiger partial charge in [-0.2, -0.15) is 4.37 Å². The summed E-state index contributed by atoms with van der Waals surface area (Å²) in [6.45, 7) is 4.60. The minimum absolute atomic E-state index is 0.622. The monoisotopic (exact) mass is 276 g/mol. The highest BCUT2D eigenvalue weighted by atomic mass is 32.1. The van der Waals surface area contributed by atoms with Crippen LogP contribution in [0.4, 0.5) is 0 Å². The van der Waals surface area contributed by atoms with Crippen LogP contribution in [0.2, 0.25) is 0 Å². The van der Waals surface area contributed by atoms with Gasteiger partial charge in [-0.1, -0.05) is 52.4 Å². The molecule has 0 bridgehead atoms. The van der Waals surface area contributed by atoms with Gasteiger partial charge < -0.3 is 0 Å². The van der Waals surface area contributed by atoms with E-state index in [1.54, 1.807) is 11.5 Å². The second-order valence-electron chi connectivity index (χ2n) is 5.40. The average molecular weight is 276 g/mol. The fourth-order valence-corrected chi connectivity index (χ4v) is 3.41. The first-order valence-corrected chi connectivity index (χ1v) is 8.29. The highest BCUT2D eigenvalue weighted by Crippen LogP contribution is 2.30. The SMILES string of the molecule is CCCCCCCCC(C)c1ccnc2cnsc12. The van der Waals surface area contributed by atoms with Crippen molar-refractivity contribution < 1.29 is 0 Å². The van der Waals surface area contributed by atoms with Gasteiger partial charge in [0.15, 0.2) is 0 Å². The Bertz CT molecular complexity index is 492. The van der Waals surface area contributed by atoms with Crippen LogP contribution in [0.1, 0.15) is 70.3 Å². The third-order valence-electron chi connectivity index (χ3n) is 3.80. The maximum absolute atomic E-state index is 4.36. The third-order valence-corrected chi connectivity index (χ3v) is 4.64. The van der Waals surface area contributed by atoms with Crippen molar-refractivity contribution in [3.8, 4) is 0 Å². The number of pyridine rings is 1. The van der Waals surface area contributed by atoms with E-state index in [4.69, 9.17) is 0 Å². The van der Waals surface area contributed by atoms with Crippen molar-refractivity contribution >= 4 is 21.7 Å². The molecule has 0 spiro atoms. The van der Waals surface area contributed by atoms with E-state index >= 15 is 0 Å². The van der Waals surface area contributed by atoms with Gasteiger partial charge in [-0.25, -0.2) is 0 Å². The lowest BCUT2D eigenvalue weighted by Crippen LogP contribution is -1.94. The highest BCUT2D eigenvalue weighted by molar-refractivity contribution is 7.13. The Labute approximate surface area is 120 Å². The maximum atomic E-state index is 4.36. The molecule has 19 heavy (non-hydrogen) atoms. The predicted octanol–water partition coefficient (Wildman–Crippen LogP) is 5.55. The number of rotatable bonds is 8. The molecule has 0 radical (unpaired) electrons. The molecular weight excluding hydrogens is 252 g/mol. The van der Waals surface area contributed by atoms with Gasteiger partial charge in [-0.3, -0.25) is 4.98 Å². The smallest absolute Gasteiger partial charge is 0.101 e. The molecule has 104 valence electrons. The number of hydrogen-bond donors (Lipinski definition) is 0.